The zero-order chi connectivity index (χ0) is 22.3. The van der Waals surface area contributed by atoms with Gasteiger partial charge < -0.3 is 9.84 Å². The lowest BCUT2D eigenvalue weighted by Gasteiger charge is -2.27. The first-order valence-electron chi connectivity index (χ1n) is 11.3. The summed E-state index contributed by atoms with van der Waals surface area (Å²) in [7, 11) is 0. The van der Waals surface area contributed by atoms with Crippen molar-refractivity contribution in [2.45, 2.75) is 64.4 Å². The van der Waals surface area contributed by atoms with E-state index in [0.717, 1.165) is 67.6 Å². The molecule has 1 aliphatic rings. The van der Waals surface area contributed by atoms with Crippen LogP contribution in [-0.4, -0.2) is 42.3 Å². The lowest BCUT2D eigenvalue weighted by Crippen LogP contribution is -2.25. The van der Waals surface area contributed by atoms with Crippen LogP contribution in [-0.2, 0) is 11.2 Å². The lowest BCUT2D eigenvalue weighted by molar-refractivity contribution is -0.138. The smallest absolute Gasteiger partial charge is 0.303 e. The van der Waals surface area contributed by atoms with Crippen molar-refractivity contribution in [3.8, 4) is 28.5 Å². The third-order valence-corrected chi connectivity index (χ3v) is 5.90. The molecule has 3 heterocycles. The maximum atomic E-state index is 10.9. The van der Waals surface area contributed by atoms with Gasteiger partial charge in [0.25, 0.3) is 0 Å². The van der Waals surface area contributed by atoms with Crippen molar-refractivity contribution in [2.24, 2.45) is 5.92 Å². The molecule has 0 unspecified atom stereocenters. The lowest BCUT2D eigenvalue weighted by atomic mass is 9.85. The maximum Gasteiger partial charge on any atom is 0.303 e. The van der Waals surface area contributed by atoms with Crippen molar-refractivity contribution in [2.75, 3.05) is 0 Å². The third kappa shape index (κ3) is 5.69. The first-order valence-corrected chi connectivity index (χ1v) is 11.3. The highest BCUT2D eigenvalue weighted by Crippen LogP contribution is 2.29. The van der Waals surface area contributed by atoms with E-state index in [9.17, 15) is 4.79 Å². The number of nitrogens with one attached hydrogen (secondary N) is 1. The molecule has 32 heavy (non-hydrogen) atoms. The molecule has 0 atom stereocenters. The van der Waals surface area contributed by atoms with Crippen LogP contribution in [0, 0.1) is 5.92 Å². The van der Waals surface area contributed by atoms with Gasteiger partial charge in [0.1, 0.15) is 11.9 Å². The minimum atomic E-state index is -0.717. The van der Waals surface area contributed by atoms with Gasteiger partial charge in [-0.05, 0) is 56.2 Å². The summed E-state index contributed by atoms with van der Waals surface area (Å²) in [6.45, 7) is 2.16. The molecule has 0 radical (unpaired) electrons. The minimum absolute atomic E-state index is 0.0966. The Balaban J connectivity index is 1.33. The van der Waals surface area contributed by atoms with Crippen LogP contribution in [0.25, 0.3) is 22.6 Å². The van der Waals surface area contributed by atoms with Crippen molar-refractivity contribution >= 4 is 5.97 Å². The molecule has 0 bridgehead atoms. The fourth-order valence-corrected chi connectivity index (χ4v) is 4.05. The van der Waals surface area contributed by atoms with E-state index in [1.165, 1.54) is 0 Å². The molecule has 1 aliphatic carbocycles. The molecule has 1 fully saturated rings. The summed E-state index contributed by atoms with van der Waals surface area (Å²) in [4.78, 5) is 24.4. The summed E-state index contributed by atoms with van der Waals surface area (Å²) in [5.74, 6) is 1.70. The normalized spacial score (nSPS) is 18.4. The number of unbranched alkanes of at least 4 members (excludes halogenated alkanes) is 1. The van der Waals surface area contributed by atoms with Crippen molar-refractivity contribution < 1.29 is 14.6 Å². The highest BCUT2D eigenvalue weighted by Gasteiger charge is 2.24. The molecule has 0 spiro atoms. The second-order valence-electron chi connectivity index (χ2n) is 8.38. The Morgan fingerprint density at radius 3 is 2.53 bits per heavy atom. The van der Waals surface area contributed by atoms with Gasteiger partial charge in [-0.25, -0.2) is 9.97 Å². The zero-order valence-corrected chi connectivity index (χ0v) is 18.3. The number of carbonyl (C=O) groups is 1. The van der Waals surface area contributed by atoms with Crippen molar-refractivity contribution in [1.29, 1.82) is 0 Å². The summed E-state index contributed by atoms with van der Waals surface area (Å²) < 4.78 is 6.01. The molecule has 168 valence electrons. The molecule has 1 saturated carbocycles. The molecule has 0 aromatic carbocycles. The molecule has 0 aliphatic heterocycles. The molecule has 0 saturated heterocycles. The number of hydrogen-bond acceptors (Lipinski definition) is 6. The number of carboxylic acids is 1. The predicted octanol–water partition coefficient (Wildman–Crippen LogP) is 4.68. The third-order valence-electron chi connectivity index (χ3n) is 5.90. The number of H-pyrrole nitrogens is 1. The van der Waals surface area contributed by atoms with Crippen molar-refractivity contribution in [3.63, 3.8) is 0 Å². The molecule has 0 amide bonds. The summed E-state index contributed by atoms with van der Waals surface area (Å²) in [6, 6.07) is 7.73. The van der Waals surface area contributed by atoms with Gasteiger partial charge in [-0.3, -0.25) is 14.9 Å². The van der Waals surface area contributed by atoms with Crippen LogP contribution in [0.4, 0.5) is 0 Å². The van der Waals surface area contributed by atoms with Gasteiger partial charge in [0.2, 0.25) is 5.88 Å². The number of ether oxygens (including phenoxy) is 1. The quantitative estimate of drug-likeness (QED) is 0.501. The van der Waals surface area contributed by atoms with E-state index >= 15 is 0 Å². The van der Waals surface area contributed by atoms with Gasteiger partial charge in [0, 0.05) is 42.4 Å². The van der Waals surface area contributed by atoms with Gasteiger partial charge in [0.05, 0.1) is 5.69 Å². The van der Waals surface area contributed by atoms with Crippen LogP contribution < -0.4 is 4.74 Å². The largest absolute Gasteiger partial charge is 0.481 e. The molecule has 8 heteroatoms. The van der Waals surface area contributed by atoms with Crippen LogP contribution in [0.2, 0.25) is 0 Å². The number of aryl methyl sites for hydroxylation is 1. The first-order chi connectivity index (χ1) is 15.6. The minimum Gasteiger partial charge on any atom is -0.481 e. The Morgan fingerprint density at radius 2 is 1.88 bits per heavy atom. The van der Waals surface area contributed by atoms with E-state index in [4.69, 9.17) is 9.84 Å². The Hall–Kier alpha value is -3.29. The summed E-state index contributed by atoms with van der Waals surface area (Å²) >= 11 is 0. The van der Waals surface area contributed by atoms with E-state index in [-0.39, 0.29) is 18.4 Å². The molecule has 3 aromatic rings. The second-order valence-corrected chi connectivity index (χ2v) is 8.38. The fraction of sp³-hybridized carbons (Fsp3) is 0.458. The fourth-order valence-electron chi connectivity index (χ4n) is 4.05. The summed E-state index contributed by atoms with van der Waals surface area (Å²) in [5, 5.41) is 16.2. The number of rotatable bonds is 9. The maximum absolute atomic E-state index is 10.9. The van der Waals surface area contributed by atoms with Gasteiger partial charge in [0.15, 0.2) is 5.82 Å². The number of aliphatic carboxylic acids is 1. The number of aromatic nitrogens is 5. The number of pyridine rings is 2. The van der Waals surface area contributed by atoms with Crippen LogP contribution in [0.1, 0.15) is 57.7 Å². The van der Waals surface area contributed by atoms with E-state index in [1.807, 2.05) is 24.3 Å². The highest BCUT2D eigenvalue weighted by molar-refractivity contribution is 5.67. The first kappa shape index (κ1) is 21.9. The van der Waals surface area contributed by atoms with E-state index in [0.29, 0.717) is 11.7 Å². The number of hydrogen-bond donors (Lipinski definition) is 2. The Labute approximate surface area is 187 Å². The van der Waals surface area contributed by atoms with Crippen LogP contribution in [0.3, 0.4) is 0 Å². The Kier molecular flexibility index (Phi) is 7.09. The van der Waals surface area contributed by atoms with E-state index in [2.05, 4.69) is 32.1 Å². The second kappa shape index (κ2) is 10.3. The van der Waals surface area contributed by atoms with Crippen LogP contribution in [0.15, 0.2) is 36.7 Å². The Bertz CT molecular complexity index is 1010. The van der Waals surface area contributed by atoms with Gasteiger partial charge >= 0.3 is 5.97 Å². The monoisotopic (exact) mass is 435 g/mol. The van der Waals surface area contributed by atoms with E-state index in [1.54, 1.807) is 12.4 Å². The molecular formula is C24H29N5O3. The number of nitrogens with zero attached hydrogens (tertiary/aromatic N) is 4. The molecule has 8 nitrogen and oxygen atoms in total. The number of carboxylic acid groups (broad SMARTS) is 1. The van der Waals surface area contributed by atoms with Crippen LogP contribution >= 0.6 is 0 Å². The average Bonchev–Trinajstić information content (AvgIpc) is 3.28. The summed E-state index contributed by atoms with van der Waals surface area (Å²) in [6.07, 6.45) is 10.5. The van der Waals surface area contributed by atoms with Gasteiger partial charge in [-0.15, -0.1) is 0 Å². The van der Waals surface area contributed by atoms with Crippen molar-refractivity contribution in [1.82, 2.24) is 25.1 Å². The predicted molar refractivity (Wildman–Crippen MR) is 120 cm³/mol. The molecule has 4 rings (SSSR count). The van der Waals surface area contributed by atoms with Crippen molar-refractivity contribution in [3.05, 3.63) is 42.5 Å². The molecular weight excluding hydrogens is 406 g/mol. The average molecular weight is 436 g/mol. The number of aromatic amines is 1. The van der Waals surface area contributed by atoms with E-state index < -0.39 is 5.97 Å². The molecule has 2 N–H and O–H groups in total. The van der Waals surface area contributed by atoms with Gasteiger partial charge in [-0.1, -0.05) is 13.3 Å². The highest BCUT2D eigenvalue weighted by atomic mass is 16.5. The Morgan fingerprint density at radius 1 is 1.09 bits per heavy atom. The molecule has 3 aromatic heterocycles. The van der Waals surface area contributed by atoms with Gasteiger partial charge in [-0.2, -0.15) is 5.10 Å². The zero-order valence-electron chi connectivity index (χ0n) is 18.3. The SMILES string of the molecule is CCCCc1nc(-c2ccc(-c3ccc(OC4CCC(CC(=O)O)CC4)nc3)nc2)n[nH]1. The van der Waals surface area contributed by atoms with Crippen LogP contribution in [0.5, 0.6) is 5.88 Å². The summed E-state index contributed by atoms with van der Waals surface area (Å²) in [5.41, 5.74) is 2.61. The standard InChI is InChI=1S/C24H29N5O3/c1-2-3-4-21-27-24(29-28-21)18-7-11-20(25-15-18)17-8-12-22(26-14-17)32-19-9-5-16(6-10-19)13-23(30)31/h7-8,11-12,14-16,19H,2-6,9-10,13H2,1H3,(H,30,31)(H,27,28,29). The topological polar surface area (TPSA) is 114 Å².